The van der Waals surface area contributed by atoms with Crippen molar-refractivity contribution in [3.05, 3.63) is 54.6 Å². The van der Waals surface area contributed by atoms with Gasteiger partial charge in [0.2, 0.25) is 5.95 Å². The highest BCUT2D eigenvalue weighted by Crippen LogP contribution is 2.24. The van der Waals surface area contributed by atoms with Gasteiger partial charge in [-0.25, -0.2) is 4.98 Å². The largest absolute Gasteiger partial charge is 0.467 e. The molecule has 0 bridgehead atoms. The predicted molar refractivity (Wildman–Crippen MR) is 102 cm³/mol. The molecule has 1 saturated carbocycles. The second-order valence-corrected chi connectivity index (χ2v) is 6.59. The number of hydrogen-bond acceptors (Lipinski definition) is 6. The van der Waals surface area contributed by atoms with Crippen LogP contribution in [0.3, 0.4) is 0 Å². The minimum Gasteiger partial charge on any atom is -0.467 e. The summed E-state index contributed by atoms with van der Waals surface area (Å²) in [4.78, 5) is 13.8. The van der Waals surface area contributed by atoms with E-state index in [1.807, 2.05) is 36.4 Å². The van der Waals surface area contributed by atoms with Gasteiger partial charge in [0.15, 0.2) is 0 Å². The third-order valence-electron chi connectivity index (χ3n) is 4.62. The zero-order chi connectivity index (χ0) is 17.6. The van der Waals surface area contributed by atoms with E-state index >= 15 is 0 Å². The molecule has 0 aliphatic heterocycles. The van der Waals surface area contributed by atoms with Gasteiger partial charge in [-0.1, -0.05) is 25.3 Å². The van der Waals surface area contributed by atoms with Gasteiger partial charge in [0.25, 0.3) is 0 Å². The van der Waals surface area contributed by atoms with Crippen LogP contribution in [0.1, 0.15) is 37.9 Å². The van der Waals surface area contributed by atoms with E-state index in [9.17, 15) is 0 Å². The van der Waals surface area contributed by atoms with Crippen LogP contribution in [0.5, 0.6) is 0 Å². The topological polar surface area (TPSA) is 75.9 Å². The van der Waals surface area contributed by atoms with Crippen molar-refractivity contribution < 1.29 is 4.42 Å². The van der Waals surface area contributed by atoms with Crippen molar-refractivity contribution >= 4 is 11.8 Å². The predicted octanol–water partition coefficient (Wildman–Crippen LogP) is 4.49. The SMILES string of the molecule is c1ccc(-c2cc(NCc3ccco3)nc(NC3CCCCC3)n2)nc1. The van der Waals surface area contributed by atoms with Crippen molar-refractivity contribution in [2.24, 2.45) is 0 Å². The Balaban J connectivity index is 1.58. The first kappa shape index (κ1) is 16.6. The second-order valence-electron chi connectivity index (χ2n) is 6.59. The summed E-state index contributed by atoms with van der Waals surface area (Å²) in [6.07, 6.45) is 9.65. The molecule has 134 valence electrons. The number of furan rings is 1. The van der Waals surface area contributed by atoms with Crippen LogP contribution < -0.4 is 10.6 Å². The minimum atomic E-state index is 0.445. The molecule has 0 spiro atoms. The molecule has 6 heteroatoms. The fraction of sp³-hybridized carbons (Fsp3) is 0.350. The number of rotatable bonds is 6. The number of hydrogen-bond donors (Lipinski definition) is 2. The summed E-state index contributed by atoms with van der Waals surface area (Å²) in [5, 5.41) is 6.83. The van der Waals surface area contributed by atoms with Gasteiger partial charge in [-0.15, -0.1) is 0 Å². The molecule has 3 aromatic rings. The molecule has 0 atom stereocenters. The van der Waals surface area contributed by atoms with Gasteiger partial charge in [-0.3, -0.25) is 4.98 Å². The van der Waals surface area contributed by atoms with E-state index in [1.165, 1.54) is 32.1 Å². The lowest BCUT2D eigenvalue weighted by Gasteiger charge is -2.23. The van der Waals surface area contributed by atoms with Crippen LogP contribution in [0.15, 0.2) is 53.3 Å². The molecule has 0 amide bonds. The van der Waals surface area contributed by atoms with E-state index in [0.29, 0.717) is 18.5 Å². The Bertz CT molecular complexity index is 813. The van der Waals surface area contributed by atoms with Gasteiger partial charge >= 0.3 is 0 Å². The number of aromatic nitrogens is 3. The average Bonchev–Trinajstić information content (AvgIpc) is 3.21. The summed E-state index contributed by atoms with van der Waals surface area (Å²) in [5.74, 6) is 2.28. The zero-order valence-electron chi connectivity index (χ0n) is 14.7. The maximum absolute atomic E-state index is 5.39. The summed E-state index contributed by atoms with van der Waals surface area (Å²) in [6.45, 7) is 0.578. The molecule has 0 aromatic carbocycles. The highest BCUT2D eigenvalue weighted by atomic mass is 16.3. The third-order valence-corrected chi connectivity index (χ3v) is 4.62. The molecule has 1 fully saturated rings. The van der Waals surface area contributed by atoms with Crippen molar-refractivity contribution in [1.82, 2.24) is 15.0 Å². The lowest BCUT2D eigenvalue weighted by molar-refractivity contribution is 0.461. The van der Waals surface area contributed by atoms with Crippen molar-refractivity contribution in [2.45, 2.75) is 44.7 Å². The second kappa shape index (κ2) is 7.99. The summed E-state index contributed by atoms with van der Waals surface area (Å²) < 4.78 is 5.39. The van der Waals surface area contributed by atoms with E-state index in [2.05, 4.69) is 20.6 Å². The molecule has 26 heavy (non-hydrogen) atoms. The van der Waals surface area contributed by atoms with Crippen molar-refractivity contribution in [1.29, 1.82) is 0 Å². The Kier molecular flexibility index (Phi) is 5.09. The Morgan fingerprint density at radius 2 is 1.92 bits per heavy atom. The van der Waals surface area contributed by atoms with Crippen LogP contribution in [0.4, 0.5) is 11.8 Å². The summed E-state index contributed by atoms with van der Waals surface area (Å²) in [7, 11) is 0. The smallest absolute Gasteiger partial charge is 0.225 e. The monoisotopic (exact) mass is 349 g/mol. The van der Waals surface area contributed by atoms with Gasteiger partial charge in [0.1, 0.15) is 11.6 Å². The van der Waals surface area contributed by atoms with E-state index in [1.54, 1.807) is 12.5 Å². The van der Waals surface area contributed by atoms with E-state index in [4.69, 9.17) is 9.40 Å². The lowest BCUT2D eigenvalue weighted by Crippen LogP contribution is -2.23. The van der Waals surface area contributed by atoms with Gasteiger partial charge in [0, 0.05) is 18.3 Å². The number of anilines is 2. The van der Waals surface area contributed by atoms with E-state index in [-0.39, 0.29) is 0 Å². The molecule has 0 radical (unpaired) electrons. The van der Waals surface area contributed by atoms with Crippen molar-refractivity contribution in [3.63, 3.8) is 0 Å². The Labute approximate surface area is 153 Å². The Hall–Kier alpha value is -2.89. The molecule has 4 rings (SSSR count). The molecule has 3 aromatic heterocycles. The molecule has 6 nitrogen and oxygen atoms in total. The lowest BCUT2D eigenvalue weighted by atomic mass is 9.96. The molecule has 1 aliphatic rings. The van der Waals surface area contributed by atoms with Gasteiger partial charge < -0.3 is 15.1 Å². The summed E-state index contributed by atoms with van der Waals surface area (Å²) in [6, 6.07) is 12.0. The molecule has 2 N–H and O–H groups in total. The maximum atomic E-state index is 5.39. The fourth-order valence-corrected chi connectivity index (χ4v) is 3.27. The van der Waals surface area contributed by atoms with E-state index < -0.39 is 0 Å². The highest BCUT2D eigenvalue weighted by molar-refractivity contribution is 5.61. The Morgan fingerprint density at radius 1 is 1.00 bits per heavy atom. The molecule has 0 saturated heterocycles. The van der Waals surface area contributed by atoms with Crippen molar-refractivity contribution in [3.8, 4) is 11.4 Å². The Morgan fingerprint density at radius 3 is 2.69 bits per heavy atom. The van der Waals surface area contributed by atoms with Crippen molar-refractivity contribution in [2.75, 3.05) is 10.6 Å². The first-order chi connectivity index (χ1) is 12.9. The number of nitrogens with one attached hydrogen (secondary N) is 2. The maximum Gasteiger partial charge on any atom is 0.225 e. The van der Waals surface area contributed by atoms with Gasteiger partial charge in [-0.05, 0) is 37.1 Å². The quantitative estimate of drug-likeness (QED) is 0.683. The summed E-state index contributed by atoms with van der Waals surface area (Å²) >= 11 is 0. The molecule has 0 unspecified atom stereocenters. The van der Waals surface area contributed by atoms with Crippen LogP contribution in [0.2, 0.25) is 0 Å². The van der Waals surface area contributed by atoms with Crippen LogP contribution in [0.25, 0.3) is 11.4 Å². The standard InChI is InChI=1S/C20H23N5O/c1-2-7-15(8-3-1)23-20-24-18(17-10-4-5-11-21-17)13-19(25-20)22-14-16-9-6-12-26-16/h4-6,9-13,15H,1-3,7-8,14H2,(H2,22,23,24,25). The highest BCUT2D eigenvalue weighted by Gasteiger charge is 2.15. The van der Waals surface area contributed by atoms with Crippen LogP contribution in [-0.2, 0) is 6.54 Å². The van der Waals surface area contributed by atoms with Crippen LogP contribution in [0, 0.1) is 0 Å². The van der Waals surface area contributed by atoms with Crippen LogP contribution in [-0.4, -0.2) is 21.0 Å². The number of nitrogens with zero attached hydrogens (tertiary/aromatic N) is 3. The van der Waals surface area contributed by atoms with Gasteiger partial charge in [-0.2, -0.15) is 4.98 Å². The minimum absolute atomic E-state index is 0.445. The molecular weight excluding hydrogens is 326 g/mol. The first-order valence-electron chi connectivity index (χ1n) is 9.20. The van der Waals surface area contributed by atoms with Gasteiger partial charge in [0.05, 0.1) is 24.2 Å². The normalized spacial score (nSPS) is 14.9. The fourth-order valence-electron chi connectivity index (χ4n) is 3.27. The first-order valence-corrected chi connectivity index (χ1v) is 9.20. The summed E-state index contributed by atoms with van der Waals surface area (Å²) in [5.41, 5.74) is 1.64. The molecular formula is C20H23N5O. The zero-order valence-corrected chi connectivity index (χ0v) is 14.7. The molecule has 3 heterocycles. The van der Waals surface area contributed by atoms with E-state index in [0.717, 1.165) is 23.0 Å². The number of pyridine rings is 1. The average molecular weight is 349 g/mol. The third kappa shape index (κ3) is 4.20. The molecule has 1 aliphatic carbocycles. The van der Waals surface area contributed by atoms with Crippen LogP contribution >= 0.6 is 0 Å².